The van der Waals surface area contributed by atoms with Crippen molar-refractivity contribution in [1.82, 2.24) is 0 Å². The smallest absolute Gasteiger partial charge is 0.425 e. The standard InChI is InChI=1S/C8H9BO4/c10-9(11)8-5-6-3-1-2-4-7(6)12-13-8/h1-4,8,10-11H,5H2. The van der Waals surface area contributed by atoms with Crippen molar-refractivity contribution in [2.45, 2.75) is 12.4 Å². The lowest BCUT2D eigenvalue weighted by Crippen LogP contribution is -2.38. The van der Waals surface area contributed by atoms with Gasteiger partial charge in [0.25, 0.3) is 0 Å². The number of hydrogen-bond donors (Lipinski definition) is 2. The number of fused-ring (bicyclic) bond motifs is 1. The minimum atomic E-state index is -1.51. The van der Waals surface area contributed by atoms with Crippen LogP contribution < -0.4 is 4.89 Å². The van der Waals surface area contributed by atoms with E-state index in [0.717, 1.165) is 5.56 Å². The van der Waals surface area contributed by atoms with Gasteiger partial charge >= 0.3 is 7.12 Å². The van der Waals surface area contributed by atoms with Gasteiger partial charge in [0.15, 0.2) is 5.75 Å². The Morgan fingerprint density at radius 3 is 2.85 bits per heavy atom. The first-order valence-electron chi connectivity index (χ1n) is 4.05. The Labute approximate surface area is 75.8 Å². The highest BCUT2D eigenvalue weighted by molar-refractivity contribution is 6.42. The van der Waals surface area contributed by atoms with E-state index in [0.29, 0.717) is 12.2 Å². The molecule has 1 heterocycles. The van der Waals surface area contributed by atoms with Gasteiger partial charge in [0.1, 0.15) is 6.00 Å². The van der Waals surface area contributed by atoms with Crippen molar-refractivity contribution < 1.29 is 19.8 Å². The Kier molecular flexibility index (Phi) is 2.22. The van der Waals surface area contributed by atoms with Gasteiger partial charge in [-0.05, 0) is 6.07 Å². The summed E-state index contributed by atoms with van der Waals surface area (Å²) in [5.41, 5.74) is 0.923. The van der Waals surface area contributed by atoms with Crippen molar-refractivity contribution >= 4 is 7.12 Å². The molecule has 13 heavy (non-hydrogen) atoms. The third kappa shape index (κ3) is 1.67. The van der Waals surface area contributed by atoms with E-state index >= 15 is 0 Å². The van der Waals surface area contributed by atoms with Crippen LogP contribution in [0.25, 0.3) is 0 Å². The van der Waals surface area contributed by atoms with Gasteiger partial charge in [-0.3, -0.25) is 0 Å². The predicted octanol–water partition coefficient (Wildman–Crippen LogP) is -0.0663. The van der Waals surface area contributed by atoms with E-state index in [1.54, 1.807) is 6.07 Å². The second-order valence-electron chi connectivity index (χ2n) is 2.94. The van der Waals surface area contributed by atoms with Crippen molar-refractivity contribution in [3.05, 3.63) is 29.8 Å². The molecule has 0 spiro atoms. The van der Waals surface area contributed by atoms with Crippen LogP contribution in [-0.4, -0.2) is 23.2 Å². The normalized spacial score (nSPS) is 20.3. The Balaban J connectivity index is 2.20. The van der Waals surface area contributed by atoms with Gasteiger partial charge in [-0.2, -0.15) is 4.89 Å². The maximum absolute atomic E-state index is 8.85. The highest BCUT2D eigenvalue weighted by atomic mass is 17.2. The molecule has 0 aromatic heterocycles. The molecule has 1 aromatic rings. The topological polar surface area (TPSA) is 58.9 Å². The summed E-state index contributed by atoms with van der Waals surface area (Å²) in [6.07, 6.45) is 0.452. The molecule has 0 fully saturated rings. The molecule has 0 saturated heterocycles. The summed E-state index contributed by atoms with van der Waals surface area (Å²) in [5, 5.41) is 17.7. The fourth-order valence-corrected chi connectivity index (χ4v) is 1.27. The lowest BCUT2D eigenvalue weighted by Gasteiger charge is -2.22. The highest BCUT2D eigenvalue weighted by Crippen LogP contribution is 2.25. The van der Waals surface area contributed by atoms with Gasteiger partial charge in [0, 0.05) is 12.0 Å². The van der Waals surface area contributed by atoms with Gasteiger partial charge in [0.05, 0.1) is 0 Å². The molecule has 0 radical (unpaired) electrons. The van der Waals surface area contributed by atoms with E-state index < -0.39 is 13.1 Å². The molecular weight excluding hydrogens is 171 g/mol. The van der Waals surface area contributed by atoms with E-state index in [4.69, 9.17) is 19.8 Å². The summed E-state index contributed by atoms with van der Waals surface area (Å²) in [6, 6.07) is 6.64. The van der Waals surface area contributed by atoms with Crippen molar-refractivity contribution in [1.29, 1.82) is 0 Å². The third-order valence-electron chi connectivity index (χ3n) is 1.99. The van der Waals surface area contributed by atoms with Crippen molar-refractivity contribution in [3.63, 3.8) is 0 Å². The van der Waals surface area contributed by atoms with Crippen LogP contribution in [0.3, 0.4) is 0 Å². The van der Waals surface area contributed by atoms with E-state index in [1.165, 1.54) is 0 Å². The molecule has 2 rings (SSSR count). The molecule has 0 amide bonds. The van der Waals surface area contributed by atoms with E-state index in [9.17, 15) is 0 Å². The second kappa shape index (κ2) is 3.37. The molecule has 0 aliphatic carbocycles. The molecule has 5 heteroatoms. The lowest BCUT2D eigenvalue weighted by atomic mass is 9.78. The fourth-order valence-electron chi connectivity index (χ4n) is 1.27. The monoisotopic (exact) mass is 180 g/mol. The summed E-state index contributed by atoms with van der Waals surface area (Å²) in [6.45, 7) is 0. The van der Waals surface area contributed by atoms with Crippen LogP contribution in [0.2, 0.25) is 0 Å². The quantitative estimate of drug-likeness (QED) is 0.469. The highest BCUT2D eigenvalue weighted by Gasteiger charge is 2.31. The van der Waals surface area contributed by atoms with E-state index in [2.05, 4.69) is 0 Å². The van der Waals surface area contributed by atoms with Crippen LogP contribution >= 0.6 is 0 Å². The molecule has 0 saturated carbocycles. The number of para-hydroxylation sites is 1. The van der Waals surface area contributed by atoms with Gasteiger partial charge in [-0.1, -0.05) is 18.2 Å². The summed E-state index contributed by atoms with van der Waals surface area (Å²) >= 11 is 0. The lowest BCUT2D eigenvalue weighted by molar-refractivity contribution is -0.237. The second-order valence-corrected chi connectivity index (χ2v) is 2.94. The van der Waals surface area contributed by atoms with E-state index in [1.807, 2.05) is 18.2 Å². The minimum Gasteiger partial charge on any atom is -0.425 e. The zero-order valence-corrected chi connectivity index (χ0v) is 6.88. The Morgan fingerprint density at radius 2 is 2.08 bits per heavy atom. The van der Waals surface area contributed by atoms with Crippen LogP contribution in [0.5, 0.6) is 5.75 Å². The zero-order valence-electron chi connectivity index (χ0n) is 6.88. The minimum absolute atomic E-state index is 0.452. The third-order valence-corrected chi connectivity index (χ3v) is 1.99. The molecule has 1 aromatic carbocycles. The van der Waals surface area contributed by atoms with Crippen LogP contribution in [0.15, 0.2) is 24.3 Å². The summed E-state index contributed by atoms with van der Waals surface area (Å²) < 4.78 is 0. The average molecular weight is 180 g/mol. The van der Waals surface area contributed by atoms with E-state index in [-0.39, 0.29) is 0 Å². The zero-order chi connectivity index (χ0) is 9.26. The summed E-state index contributed by atoms with van der Waals surface area (Å²) in [7, 11) is -1.51. The van der Waals surface area contributed by atoms with Gasteiger partial charge in [-0.25, -0.2) is 0 Å². The fraction of sp³-hybridized carbons (Fsp3) is 0.250. The molecule has 4 nitrogen and oxygen atoms in total. The molecule has 0 bridgehead atoms. The molecular formula is C8H9BO4. The summed E-state index contributed by atoms with van der Waals surface area (Å²) in [4.78, 5) is 9.64. The molecule has 1 aliphatic rings. The predicted molar refractivity (Wildman–Crippen MR) is 45.8 cm³/mol. The van der Waals surface area contributed by atoms with Gasteiger partial charge < -0.3 is 14.9 Å². The molecule has 68 valence electrons. The number of hydrogen-bond acceptors (Lipinski definition) is 4. The van der Waals surface area contributed by atoms with Crippen LogP contribution in [0.1, 0.15) is 5.56 Å². The van der Waals surface area contributed by atoms with Gasteiger partial charge in [-0.15, -0.1) is 0 Å². The van der Waals surface area contributed by atoms with Crippen molar-refractivity contribution in [3.8, 4) is 5.75 Å². The summed E-state index contributed by atoms with van der Waals surface area (Å²) in [5.74, 6) is 0.638. The largest absolute Gasteiger partial charge is 0.487 e. The molecule has 1 atom stereocenters. The number of benzene rings is 1. The van der Waals surface area contributed by atoms with Gasteiger partial charge in [0.2, 0.25) is 0 Å². The first-order chi connectivity index (χ1) is 6.27. The Morgan fingerprint density at radius 1 is 1.31 bits per heavy atom. The first kappa shape index (κ1) is 8.56. The molecule has 1 aliphatic heterocycles. The number of rotatable bonds is 1. The average Bonchev–Trinajstić information content (AvgIpc) is 2.17. The van der Waals surface area contributed by atoms with Crippen molar-refractivity contribution in [2.75, 3.05) is 0 Å². The Bertz CT molecular complexity index is 302. The maximum atomic E-state index is 8.85. The van der Waals surface area contributed by atoms with Crippen molar-refractivity contribution in [2.24, 2.45) is 0 Å². The first-order valence-corrected chi connectivity index (χ1v) is 4.05. The van der Waals surface area contributed by atoms with Crippen LogP contribution in [-0.2, 0) is 11.3 Å². The Hall–Kier alpha value is -1.04. The maximum Gasteiger partial charge on any atom is 0.487 e. The van der Waals surface area contributed by atoms with Crippen LogP contribution in [0.4, 0.5) is 0 Å². The molecule has 2 N–H and O–H groups in total. The SMILES string of the molecule is OB(O)C1Cc2ccccc2OO1. The van der Waals surface area contributed by atoms with Crippen LogP contribution in [0, 0.1) is 0 Å². The molecule has 1 unspecified atom stereocenters.